The van der Waals surface area contributed by atoms with Gasteiger partial charge in [-0.05, 0) is 45.0 Å². The van der Waals surface area contributed by atoms with Gasteiger partial charge < -0.3 is 9.47 Å². The van der Waals surface area contributed by atoms with Gasteiger partial charge in [-0.3, -0.25) is 0 Å². The highest BCUT2D eigenvalue weighted by Gasteiger charge is 2.13. The molecule has 0 spiro atoms. The van der Waals surface area contributed by atoms with Crippen LogP contribution in [0.25, 0.3) is 0 Å². The Bertz CT molecular complexity index is 247. The van der Waals surface area contributed by atoms with E-state index in [2.05, 4.69) is 40.9 Å². The fourth-order valence-electron chi connectivity index (χ4n) is 2.25. The number of aromatic nitrogens is 1. The van der Waals surface area contributed by atoms with Gasteiger partial charge in [-0.25, -0.2) is 0 Å². The number of hydrogen-bond acceptors (Lipinski definition) is 1. The van der Waals surface area contributed by atoms with Gasteiger partial charge in [0.2, 0.25) is 0 Å². The smallest absolute Gasteiger partial charge is 0.0429 e. The summed E-state index contributed by atoms with van der Waals surface area (Å²) in [6.45, 7) is 6.10. The molecule has 1 atom stereocenters. The van der Waals surface area contributed by atoms with Crippen molar-refractivity contribution >= 4 is 0 Å². The summed E-state index contributed by atoms with van der Waals surface area (Å²) in [6.07, 6.45) is 8.52. The molecule has 0 radical (unpaired) electrons. The second-order valence-electron chi connectivity index (χ2n) is 4.34. The highest BCUT2D eigenvalue weighted by molar-refractivity contribution is 4.93. The highest BCUT2D eigenvalue weighted by atomic mass is 15.2. The van der Waals surface area contributed by atoms with E-state index in [0.717, 1.165) is 0 Å². The van der Waals surface area contributed by atoms with Crippen molar-refractivity contribution in [2.75, 3.05) is 19.6 Å². The first-order valence-electron chi connectivity index (χ1n) is 5.71. The van der Waals surface area contributed by atoms with Crippen LogP contribution in [0.2, 0.25) is 0 Å². The van der Waals surface area contributed by atoms with E-state index in [4.69, 9.17) is 0 Å². The van der Waals surface area contributed by atoms with Gasteiger partial charge in [0.15, 0.2) is 0 Å². The molecule has 1 fully saturated rings. The minimum Gasteiger partial charge on any atom is -0.350 e. The Kier molecular flexibility index (Phi) is 3.25. The first kappa shape index (κ1) is 9.78. The molecule has 0 aliphatic carbocycles. The average molecular weight is 192 g/mol. The predicted molar refractivity (Wildman–Crippen MR) is 59.4 cm³/mol. The van der Waals surface area contributed by atoms with Crippen molar-refractivity contribution in [3.8, 4) is 0 Å². The molecule has 2 heteroatoms. The summed E-state index contributed by atoms with van der Waals surface area (Å²) in [4.78, 5) is 2.59. The van der Waals surface area contributed by atoms with Crippen molar-refractivity contribution in [3.05, 3.63) is 24.5 Å². The van der Waals surface area contributed by atoms with Crippen LogP contribution < -0.4 is 0 Å². The van der Waals surface area contributed by atoms with E-state index >= 15 is 0 Å². The molecule has 1 aromatic rings. The van der Waals surface area contributed by atoms with Crippen molar-refractivity contribution < 1.29 is 0 Å². The van der Waals surface area contributed by atoms with Gasteiger partial charge in [0.25, 0.3) is 0 Å². The number of nitrogens with zero attached hydrogens (tertiary/aromatic N) is 2. The van der Waals surface area contributed by atoms with Crippen molar-refractivity contribution in [3.63, 3.8) is 0 Å². The summed E-state index contributed by atoms with van der Waals surface area (Å²) >= 11 is 0. The van der Waals surface area contributed by atoms with Crippen molar-refractivity contribution in [2.45, 2.75) is 32.2 Å². The summed E-state index contributed by atoms with van der Waals surface area (Å²) in [7, 11) is 0. The van der Waals surface area contributed by atoms with Crippen LogP contribution >= 0.6 is 0 Å². The van der Waals surface area contributed by atoms with Crippen LogP contribution in [0.4, 0.5) is 0 Å². The Morgan fingerprint density at radius 2 is 1.71 bits per heavy atom. The standard InChI is InChI=1S/C12H20N2/c1-12(14-9-5-6-10-14)11-13-7-3-2-4-8-13/h5-6,9-10,12H,2-4,7-8,11H2,1H3. The fraction of sp³-hybridized carbons (Fsp3) is 0.667. The Hall–Kier alpha value is -0.760. The zero-order chi connectivity index (χ0) is 9.80. The van der Waals surface area contributed by atoms with Gasteiger partial charge in [0.1, 0.15) is 0 Å². The fourth-order valence-corrected chi connectivity index (χ4v) is 2.25. The van der Waals surface area contributed by atoms with Crippen LogP contribution in [0.15, 0.2) is 24.5 Å². The predicted octanol–water partition coefficient (Wildman–Crippen LogP) is 2.54. The van der Waals surface area contributed by atoms with E-state index in [1.807, 2.05) is 0 Å². The Balaban J connectivity index is 1.84. The van der Waals surface area contributed by atoms with Crippen LogP contribution in [0, 0.1) is 0 Å². The number of piperidine rings is 1. The second kappa shape index (κ2) is 4.65. The van der Waals surface area contributed by atoms with Gasteiger partial charge >= 0.3 is 0 Å². The number of likely N-dealkylation sites (tertiary alicyclic amines) is 1. The Morgan fingerprint density at radius 3 is 2.36 bits per heavy atom. The highest BCUT2D eigenvalue weighted by Crippen LogP contribution is 2.13. The lowest BCUT2D eigenvalue weighted by atomic mass is 10.1. The first-order valence-corrected chi connectivity index (χ1v) is 5.71. The third kappa shape index (κ3) is 2.38. The lowest BCUT2D eigenvalue weighted by Gasteiger charge is -2.29. The molecular weight excluding hydrogens is 172 g/mol. The Morgan fingerprint density at radius 1 is 1.07 bits per heavy atom. The molecule has 1 unspecified atom stereocenters. The summed E-state index contributed by atoms with van der Waals surface area (Å²) < 4.78 is 2.30. The Labute approximate surface area is 86.5 Å². The third-order valence-corrected chi connectivity index (χ3v) is 3.11. The van der Waals surface area contributed by atoms with E-state index in [1.165, 1.54) is 38.9 Å². The normalized spacial score (nSPS) is 20.9. The minimum atomic E-state index is 0.614. The molecule has 1 aromatic heterocycles. The molecule has 1 aliphatic heterocycles. The van der Waals surface area contributed by atoms with Crippen LogP contribution in [0.5, 0.6) is 0 Å². The van der Waals surface area contributed by atoms with Crippen molar-refractivity contribution in [1.29, 1.82) is 0 Å². The third-order valence-electron chi connectivity index (χ3n) is 3.11. The van der Waals surface area contributed by atoms with E-state index in [-0.39, 0.29) is 0 Å². The molecule has 0 aromatic carbocycles. The first-order chi connectivity index (χ1) is 6.86. The maximum atomic E-state index is 2.59. The van der Waals surface area contributed by atoms with E-state index in [0.29, 0.717) is 6.04 Å². The van der Waals surface area contributed by atoms with E-state index in [1.54, 1.807) is 0 Å². The second-order valence-corrected chi connectivity index (χ2v) is 4.34. The molecule has 1 aliphatic rings. The van der Waals surface area contributed by atoms with Crippen LogP contribution in [-0.4, -0.2) is 29.1 Å². The van der Waals surface area contributed by atoms with Crippen molar-refractivity contribution in [1.82, 2.24) is 9.47 Å². The van der Waals surface area contributed by atoms with Gasteiger partial charge in [-0.15, -0.1) is 0 Å². The van der Waals surface area contributed by atoms with E-state index < -0.39 is 0 Å². The van der Waals surface area contributed by atoms with Gasteiger partial charge in [-0.1, -0.05) is 6.42 Å². The molecule has 78 valence electrons. The number of rotatable bonds is 3. The van der Waals surface area contributed by atoms with Crippen LogP contribution in [0.3, 0.4) is 0 Å². The summed E-state index contributed by atoms with van der Waals surface area (Å²) in [5, 5.41) is 0. The minimum absolute atomic E-state index is 0.614. The lowest BCUT2D eigenvalue weighted by molar-refractivity contribution is 0.202. The summed E-state index contributed by atoms with van der Waals surface area (Å²) in [6, 6.07) is 4.82. The average Bonchev–Trinajstić information content (AvgIpc) is 2.72. The molecule has 2 nitrogen and oxygen atoms in total. The van der Waals surface area contributed by atoms with Crippen LogP contribution in [-0.2, 0) is 0 Å². The van der Waals surface area contributed by atoms with Gasteiger partial charge in [0.05, 0.1) is 0 Å². The van der Waals surface area contributed by atoms with Crippen LogP contribution in [0.1, 0.15) is 32.2 Å². The van der Waals surface area contributed by atoms with Crippen molar-refractivity contribution in [2.24, 2.45) is 0 Å². The topological polar surface area (TPSA) is 8.17 Å². The zero-order valence-corrected chi connectivity index (χ0v) is 9.02. The van der Waals surface area contributed by atoms with E-state index in [9.17, 15) is 0 Å². The molecule has 0 amide bonds. The number of hydrogen-bond donors (Lipinski definition) is 0. The summed E-state index contributed by atoms with van der Waals surface area (Å²) in [5.74, 6) is 0. The molecular formula is C12H20N2. The zero-order valence-electron chi connectivity index (χ0n) is 9.02. The maximum Gasteiger partial charge on any atom is 0.0429 e. The summed E-state index contributed by atoms with van der Waals surface area (Å²) in [5.41, 5.74) is 0. The quantitative estimate of drug-likeness (QED) is 0.714. The molecule has 2 rings (SSSR count). The maximum absolute atomic E-state index is 2.59. The molecule has 2 heterocycles. The van der Waals surface area contributed by atoms with Gasteiger partial charge in [0, 0.05) is 25.0 Å². The molecule has 1 saturated heterocycles. The monoisotopic (exact) mass is 192 g/mol. The SMILES string of the molecule is CC(CN1CCCCC1)n1cccc1. The largest absolute Gasteiger partial charge is 0.350 e. The lowest BCUT2D eigenvalue weighted by Crippen LogP contribution is -2.34. The van der Waals surface area contributed by atoms with Gasteiger partial charge in [-0.2, -0.15) is 0 Å². The molecule has 0 N–H and O–H groups in total. The molecule has 14 heavy (non-hydrogen) atoms. The molecule has 0 saturated carbocycles. The molecule has 0 bridgehead atoms.